The third-order valence-corrected chi connectivity index (χ3v) is 4.73. The van der Waals surface area contributed by atoms with E-state index in [1.807, 2.05) is 36.4 Å². The first kappa shape index (κ1) is 17.7. The molecule has 28 heavy (non-hydrogen) atoms. The van der Waals surface area contributed by atoms with Crippen molar-refractivity contribution in [1.29, 1.82) is 0 Å². The summed E-state index contributed by atoms with van der Waals surface area (Å²) in [5, 5.41) is 11.5. The van der Waals surface area contributed by atoms with Crippen molar-refractivity contribution in [1.82, 2.24) is 9.97 Å². The number of nitrogens with zero attached hydrogens (tertiary/aromatic N) is 2. The molecule has 140 valence electrons. The number of hydrogen-bond acceptors (Lipinski definition) is 5. The molecule has 0 spiro atoms. The fraction of sp³-hybridized carbons (Fsp3) is 0.143. The Morgan fingerprint density at radius 2 is 1.68 bits per heavy atom. The molecular weight excluding hydrogens is 358 g/mol. The number of fused-ring (bicyclic) bond motifs is 3. The van der Waals surface area contributed by atoms with Gasteiger partial charge in [-0.25, -0.2) is 19.6 Å². The van der Waals surface area contributed by atoms with E-state index in [0.29, 0.717) is 5.69 Å². The number of carboxylic acids is 1. The average Bonchev–Trinajstić information content (AvgIpc) is 3.02. The van der Waals surface area contributed by atoms with Crippen molar-refractivity contribution in [3.8, 4) is 11.1 Å². The van der Waals surface area contributed by atoms with Gasteiger partial charge in [0, 0.05) is 5.92 Å². The van der Waals surface area contributed by atoms with Crippen molar-refractivity contribution in [2.24, 2.45) is 0 Å². The SMILES string of the molecule is Cc1nc(C(=O)O)cnc1NC(=O)OCC1c2ccccc2-c2ccccc21. The lowest BCUT2D eigenvalue weighted by Gasteiger charge is -2.14. The zero-order valence-corrected chi connectivity index (χ0v) is 15.0. The highest BCUT2D eigenvalue weighted by Gasteiger charge is 2.29. The number of rotatable bonds is 4. The van der Waals surface area contributed by atoms with E-state index in [1.165, 1.54) is 0 Å². The average molecular weight is 375 g/mol. The molecule has 0 saturated carbocycles. The van der Waals surface area contributed by atoms with Crippen molar-refractivity contribution in [2.45, 2.75) is 12.8 Å². The van der Waals surface area contributed by atoms with E-state index in [-0.39, 0.29) is 24.0 Å². The topological polar surface area (TPSA) is 101 Å². The molecule has 2 aromatic carbocycles. The highest BCUT2D eigenvalue weighted by atomic mass is 16.5. The van der Waals surface area contributed by atoms with Gasteiger partial charge in [0.1, 0.15) is 6.61 Å². The lowest BCUT2D eigenvalue weighted by molar-refractivity contribution is 0.0689. The number of carbonyl (C=O) groups is 2. The van der Waals surface area contributed by atoms with E-state index in [2.05, 4.69) is 27.4 Å². The van der Waals surface area contributed by atoms with Gasteiger partial charge in [-0.15, -0.1) is 0 Å². The normalized spacial score (nSPS) is 12.2. The Hall–Kier alpha value is -3.74. The first-order chi connectivity index (χ1) is 13.5. The fourth-order valence-electron chi connectivity index (χ4n) is 3.44. The molecule has 0 bridgehead atoms. The Labute approximate surface area is 161 Å². The van der Waals surface area contributed by atoms with Crippen LogP contribution in [0.4, 0.5) is 10.6 Å². The second-order valence-electron chi connectivity index (χ2n) is 6.44. The molecule has 0 aliphatic heterocycles. The Morgan fingerprint density at radius 3 is 2.25 bits per heavy atom. The summed E-state index contributed by atoms with van der Waals surface area (Å²) in [6, 6.07) is 16.2. The standard InChI is InChI=1S/C21H17N3O4/c1-12-19(22-10-18(23-12)20(25)26)24-21(27)28-11-17-15-8-4-2-6-13(15)14-7-3-5-9-16(14)17/h2-10,17H,11H2,1H3,(H,25,26)(H,22,24,27). The van der Waals surface area contributed by atoms with Crippen LogP contribution >= 0.6 is 0 Å². The number of carboxylic acid groups (broad SMARTS) is 1. The predicted molar refractivity (Wildman–Crippen MR) is 102 cm³/mol. The number of amides is 1. The number of aryl methyl sites for hydroxylation is 1. The van der Waals surface area contributed by atoms with Crippen LogP contribution < -0.4 is 5.32 Å². The van der Waals surface area contributed by atoms with Crippen LogP contribution in [-0.4, -0.2) is 33.7 Å². The third-order valence-electron chi connectivity index (χ3n) is 4.73. The second kappa shape index (κ2) is 7.11. The van der Waals surface area contributed by atoms with Crippen LogP contribution in [0.5, 0.6) is 0 Å². The van der Waals surface area contributed by atoms with Crippen molar-refractivity contribution in [3.05, 3.63) is 77.2 Å². The minimum atomic E-state index is -1.18. The Balaban J connectivity index is 1.48. The maximum Gasteiger partial charge on any atom is 0.412 e. The number of ether oxygens (including phenoxy) is 1. The van der Waals surface area contributed by atoms with Gasteiger partial charge >= 0.3 is 12.1 Å². The molecule has 1 aliphatic rings. The monoisotopic (exact) mass is 375 g/mol. The van der Waals surface area contributed by atoms with E-state index >= 15 is 0 Å². The quantitative estimate of drug-likeness (QED) is 0.718. The molecule has 7 nitrogen and oxygen atoms in total. The van der Waals surface area contributed by atoms with Gasteiger partial charge < -0.3 is 9.84 Å². The van der Waals surface area contributed by atoms with E-state index in [4.69, 9.17) is 9.84 Å². The summed E-state index contributed by atoms with van der Waals surface area (Å²) in [7, 11) is 0. The van der Waals surface area contributed by atoms with Crippen LogP contribution in [0.3, 0.4) is 0 Å². The molecular formula is C21H17N3O4. The number of aromatic carboxylic acids is 1. The van der Waals surface area contributed by atoms with Crippen molar-refractivity contribution >= 4 is 17.9 Å². The van der Waals surface area contributed by atoms with E-state index in [9.17, 15) is 9.59 Å². The molecule has 1 amide bonds. The zero-order valence-electron chi connectivity index (χ0n) is 15.0. The summed E-state index contributed by atoms with van der Waals surface area (Å²) < 4.78 is 5.44. The number of hydrogen-bond donors (Lipinski definition) is 2. The van der Waals surface area contributed by atoms with Gasteiger partial charge in [0.05, 0.1) is 11.9 Å². The first-order valence-electron chi connectivity index (χ1n) is 8.73. The first-order valence-corrected chi connectivity index (χ1v) is 8.73. The van der Waals surface area contributed by atoms with Gasteiger partial charge in [-0.05, 0) is 29.2 Å². The van der Waals surface area contributed by atoms with Gasteiger partial charge in [-0.3, -0.25) is 5.32 Å². The zero-order chi connectivity index (χ0) is 19.7. The summed E-state index contributed by atoms with van der Waals surface area (Å²) in [6.45, 7) is 1.75. The van der Waals surface area contributed by atoms with Gasteiger partial charge in [0.25, 0.3) is 0 Å². The van der Waals surface area contributed by atoms with E-state index in [0.717, 1.165) is 28.5 Å². The summed E-state index contributed by atoms with van der Waals surface area (Å²) in [6.07, 6.45) is 0.427. The molecule has 2 N–H and O–H groups in total. The maximum atomic E-state index is 12.2. The number of carbonyl (C=O) groups excluding carboxylic acids is 1. The number of anilines is 1. The third kappa shape index (κ3) is 3.18. The van der Waals surface area contributed by atoms with E-state index in [1.54, 1.807) is 6.92 Å². The lowest BCUT2D eigenvalue weighted by atomic mass is 9.98. The van der Waals surface area contributed by atoms with Crippen LogP contribution in [0, 0.1) is 6.92 Å². The predicted octanol–water partition coefficient (Wildman–Crippen LogP) is 3.84. The molecule has 4 rings (SSSR count). The van der Waals surface area contributed by atoms with Crippen LogP contribution in [0.25, 0.3) is 11.1 Å². The fourth-order valence-corrected chi connectivity index (χ4v) is 3.44. The van der Waals surface area contributed by atoms with Gasteiger partial charge in [0.2, 0.25) is 0 Å². The minimum Gasteiger partial charge on any atom is -0.476 e. The minimum absolute atomic E-state index is 0.0419. The second-order valence-corrected chi connectivity index (χ2v) is 6.44. The number of aromatic nitrogens is 2. The maximum absolute atomic E-state index is 12.2. The summed E-state index contributed by atoms with van der Waals surface area (Å²) in [5.74, 6) is -1.05. The van der Waals surface area contributed by atoms with Gasteiger partial charge in [0.15, 0.2) is 11.5 Å². The molecule has 0 unspecified atom stereocenters. The van der Waals surface area contributed by atoms with Crippen molar-refractivity contribution in [3.63, 3.8) is 0 Å². The van der Waals surface area contributed by atoms with E-state index < -0.39 is 12.1 Å². The van der Waals surface area contributed by atoms with Crippen LogP contribution in [0.1, 0.15) is 33.2 Å². The lowest BCUT2D eigenvalue weighted by Crippen LogP contribution is -2.19. The highest BCUT2D eigenvalue weighted by Crippen LogP contribution is 2.44. The Kier molecular flexibility index (Phi) is 4.49. The largest absolute Gasteiger partial charge is 0.476 e. The highest BCUT2D eigenvalue weighted by molar-refractivity contribution is 5.87. The summed E-state index contributed by atoms with van der Waals surface area (Å²) >= 11 is 0. The Bertz CT molecular complexity index is 1040. The summed E-state index contributed by atoms with van der Waals surface area (Å²) in [5.41, 5.74) is 4.66. The van der Waals surface area contributed by atoms with Crippen LogP contribution in [-0.2, 0) is 4.74 Å². The molecule has 0 fully saturated rings. The Morgan fingerprint density at radius 1 is 1.07 bits per heavy atom. The van der Waals surface area contributed by atoms with Gasteiger partial charge in [-0.2, -0.15) is 0 Å². The van der Waals surface area contributed by atoms with Gasteiger partial charge in [-0.1, -0.05) is 48.5 Å². The molecule has 7 heteroatoms. The molecule has 1 heterocycles. The molecule has 0 radical (unpaired) electrons. The van der Waals surface area contributed by atoms with Crippen molar-refractivity contribution < 1.29 is 19.4 Å². The molecule has 1 aliphatic carbocycles. The molecule has 0 saturated heterocycles. The molecule has 1 aromatic heterocycles. The van der Waals surface area contributed by atoms with Crippen molar-refractivity contribution in [2.75, 3.05) is 11.9 Å². The number of benzene rings is 2. The molecule has 0 atom stereocenters. The smallest absolute Gasteiger partial charge is 0.412 e. The van der Waals surface area contributed by atoms with Crippen LogP contribution in [0.2, 0.25) is 0 Å². The summed E-state index contributed by atoms with van der Waals surface area (Å²) in [4.78, 5) is 31.0. The number of nitrogens with one attached hydrogen (secondary N) is 1. The molecule has 3 aromatic rings. The van der Waals surface area contributed by atoms with Crippen LogP contribution in [0.15, 0.2) is 54.7 Å².